The third-order valence-corrected chi connectivity index (χ3v) is 16.2. The average Bonchev–Trinajstić information content (AvgIpc) is 3.70. The second kappa shape index (κ2) is 14.3. The van der Waals surface area contributed by atoms with Gasteiger partial charge >= 0.3 is 0 Å². The van der Waals surface area contributed by atoms with E-state index in [9.17, 15) is 0 Å². The molecule has 0 heterocycles. The summed E-state index contributed by atoms with van der Waals surface area (Å²) in [5.41, 5.74) is 14.2. The van der Waals surface area contributed by atoms with Crippen LogP contribution >= 0.6 is 0 Å². The van der Waals surface area contributed by atoms with Crippen LogP contribution in [0, 0.1) is 13.8 Å². The van der Waals surface area contributed by atoms with Gasteiger partial charge in [0.15, 0.2) is 0 Å². The Morgan fingerprint density at radius 1 is 0.489 bits per heavy atom. The van der Waals surface area contributed by atoms with Crippen molar-refractivity contribution >= 4 is 20.2 Å². The van der Waals surface area contributed by atoms with Gasteiger partial charge in [0.1, 0.15) is 8.07 Å². The monoisotopic (exact) mass is 608 g/mol. The third kappa shape index (κ3) is 6.75. The third-order valence-electron chi connectivity index (χ3n) is 10.7. The Bertz CT molecular complexity index is 1540. The van der Waals surface area contributed by atoms with Crippen LogP contribution in [0.4, 0.5) is 0 Å². The molecule has 4 aromatic carbocycles. The summed E-state index contributed by atoms with van der Waals surface area (Å²) in [5.74, 6) is 0. The van der Waals surface area contributed by atoms with Crippen LogP contribution in [0.1, 0.15) is 98.6 Å². The molecule has 0 aromatic heterocycles. The fraction of sp³-hybridized carbons (Fsp3) is 0.364. The van der Waals surface area contributed by atoms with E-state index in [0.717, 1.165) is 12.8 Å². The fourth-order valence-electron chi connectivity index (χ4n) is 8.00. The van der Waals surface area contributed by atoms with Gasteiger partial charge in [0.05, 0.1) is 0 Å². The molecular formula is C44H52Si. The van der Waals surface area contributed by atoms with Crippen molar-refractivity contribution in [1.82, 2.24) is 0 Å². The van der Waals surface area contributed by atoms with Gasteiger partial charge in [-0.2, -0.15) is 0 Å². The molecule has 0 bridgehead atoms. The van der Waals surface area contributed by atoms with Crippen molar-refractivity contribution in [3.63, 3.8) is 0 Å². The van der Waals surface area contributed by atoms with E-state index in [0.29, 0.717) is 0 Å². The van der Waals surface area contributed by atoms with Crippen molar-refractivity contribution in [3.8, 4) is 22.3 Å². The number of fused-ring (bicyclic) bond motifs is 2. The van der Waals surface area contributed by atoms with Gasteiger partial charge in [-0.1, -0.05) is 184 Å². The van der Waals surface area contributed by atoms with Crippen LogP contribution < -0.4 is 0 Å². The molecule has 0 atom stereocenters. The van der Waals surface area contributed by atoms with Crippen molar-refractivity contribution in [3.05, 3.63) is 129 Å². The van der Waals surface area contributed by atoms with E-state index >= 15 is 0 Å². The maximum Gasteiger partial charge on any atom is 0.109 e. The standard InChI is InChI=1S/C44H52Si/c1-5-7-9-11-27-45(28-12-10-8-6-2,39-29-37-15-13-17-41(43(37)31-39)35-23-19-33(3)20-24-35)40-30-38-16-14-18-42(44(38)32-40)36-25-21-34(4)22-26-36/h13-26,31-32H,5-12,27-30H2,1-4H3. The zero-order chi connectivity index (χ0) is 31.2. The smallest absolute Gasteiger partial charge is 0.0709 e. The van der Waals surface area contributed by atoms with E-state index in [-0.39, 0.29) is 0 Å². The Kier molecular flexibility index (Phi) is 10.1. The molecular weight excluding hydrogens is 557 g/mol. The lowest BCUT2D eigenvalue weighted by atomic mass is 9.97. The first-order chi connectivity index (χ1) is 22.0. The minimum atomic E-state index is -1.97. The van der Waals surface area contributed by atoms with E-state index < -0.39 is 8.07 Å². The van der Waals surface area contributed by atoms with Gasteiger partial charge in [-0.15, -0.1) is 0 Å². The first-order valence-corrected chi connectivity index (χ1v) is 20.2. The molecule has 0 aliphatic heterocycles. The highest BCUT2D eigenvalue weighted by Crippen LogP contribution is 2.48. The SMILES string of the molecule is CCCCCC[Si](CCCCCC)(C1=Cc2c(cccc2-c2ccc(C)cc2)C1)C1=Cc2c(cccc2-c2ccc(C)cc2)C1. The lowest BCUT2D eigenvalue weighted by Crippen LogP contribution is -2.40. The molecule has 45 heavy (non-hydrogen) atoms. The van der Waals surface area contributed by atoms with E-state index in [1.165, 1.54) is 108 Å². The van der Waals surface area contributed by atoms with Crippen LogP contribution in [0.5, 0.6) is 0 Å². The number of hydrogen-bond donors (Lipinski definition) is 0. The minimum Gasteiger partial charge on any atom is -0.0709 e. The van der Waals surface area contributed by atoms with Gasteiger partial charge < -0.3 is 0 Å². The van der Waals surface area contributed by atoms with Gasteiger partial charge in [-0.25, -0.2) is 0 Å². The number of rotatable bonds is 14. The first-order valence-electron chi connectivity index (χ1n) is 17.8. The van der Waals surface area contributed by atoms with Crippen LogP contribution in [0.2, 0.25) is 12.1 Å². The predicted octanol–water partition coefficient (Wildman–Crippen LogP) is 12.9. The molecule has 232 valence electrons. The Balaban J connectivity index is 1.45. The highest BCUT2D eigenvalue weighted by atomic mass is 28.3. The molecule has 0 saturated heterocycles. The summed E-state index contributed by atoms with van der Waals surface area (Å²) in [5, 5.41) is 3.61. The molecule has 4 aromatic rings. The second-order valence-corrected chi connectivity index (χ2v) is 18.3. The van der Waals surface area contributed by atoms with E-state index in [1.807, 2.05) is 0 Å². The zero-order valence-electron chi connectivity index (χ0n) is 28.2. The predicted molar refractivity (Wildman–Crippen MR) is 200 cm³/mol. The Labute approximate surface area is 274 Å². The van der Waals surface area contributed by atoms with Gasteiger partial charge in [-0.05, 0) is 83.3 Å². The van der Waals surface area contributed by atoms with Crippen LogP contribution in [0.3, 0.4) is 0 Å². The topological polar surface area (TPSA) is 0 Å². The van der Waals surface area contributed by atoms with Gasteiger partial charge in [0.2, 0.25) is 0 Å². The molecule has 6 rings (SSSR count). The molecule has 0 unspecified atom stereocenters. The lowest BCUT2D eigenvalue weighted by Gasteiger charge is -2.36. The largest absolute Gasteiger partial charge is 0.109 e. The summed E-state index contributed by atoms with van der Waals surface area (Å²) >= 11 is 0. The van der Waals surface area contributed by atoms with E-state index in [1.54, 1.807) is 21.5 Å². The Morgan fingerprint density at radius 3 is 1.31 bits per heavy atom. The molecule has 0 spiro atoms. The molecule has 0 radical (unpaired) electrons. The highest BCUT2D eigenvalue weighted by Gasteiger charge is 2.43. The van der Waals surface area contributed by atoms with Crippen molar-refractivity contribution < 1.29 is 0 Å². The number of benzene rings is 4. The van der Waals surface area contributed by atoms with Crippen LogP contribution in [0.25, 0.3) is 34.4 Å². The lowest BCUT2D eigenvalue weighted by molar-refractivity contribution is 0.681. The number of unbranched alkanes of at least 4 members (excludes halogenated alkanes) is 6. The number of hydrogen-bond acceptors (Lipinski definition) is 0. The first kappa shape index (κ1) is 31.6. The molecule has 2 aliphatic carbocycles. The maximum absolute atomic E-state index is 2.71. The summed E-state index contributed by atoms with van der Waals surface area (Å²) in [6, 6.07) is 35.3. The molecule has 2 aliphatic rings. The Morgan fingerprint density at radius 2 is 0.911 bits per heavy atom. The number of aryl methyl sites for hydroxylation is 2. The second-order valence-electron chi connectivity index (χ2n) is 13.9. The molecule has 1 heteroatoms. The zero-order valence-corrected chi connectivity index (χ0v) is 29.2. The maximum atomic E-state index is 2.71. The van der Waals surface area contributed by atoms with Crippen LogP contribution in [-0.2, 0) is 12.8 Å². The van der Waals surface area contributed by atoms with Crippen molar-refractivity contribution in [1.29, 1.82) is 0 Å². The van der Waals surface area contributed by atoms with Crippen LogP contribution in [0.15, 0.2) is 95.3 Å². The molecule has 0 N–H and O–H groups in total. The quantitative estimate of drug-likeness (QED) is 0.0986. The van der Waals surface area contributed by atoms with Crippen molar-refractivity contribution in [2.24, 2.45) is 0 Å². The van der Waals surface area contributed by atoms with Gasteiger partial charge in [-0.3, -0.25) is 0 Å². The summed E-state index contributed by atoms with van der Waals surface area (Å²) < 4.78 is 0. The normalized spacial score (nSPS) is 13.9. The average molecular weight is 609 g/mol. The van der Waals surface area contributed by atoms with Gasteiger partial charge in [0, 0.05) is 0 Å². The molecule has 0 nitrogen and oxygen atoms in total. The highest BCUT2D eigenvalue weighted by molar-refractivity contribution is 6.94. The van der Waals surface area contributed by atoms with Crippen molar-refractivity contribution in [2.45, 2.75) is 104 Å². The Hall–Kier alpha value is -3.42. The fourth-order valence-corrected chi connectivity index (χ4v) is 13.6. The van der Waals surface area contributed by atoms with E-state index in [2.05, 4.69) is 125 Å². The van der Waals surface area contributed by atoms with Crippen LogP contribution in [-0.4, -0.2) is 8.07 Å². The molecule has 0 saturated carbocycles. The van der Waals surface area contributed by atoms with E-state index in [4.69, 9.17) is 0 Å². The van der Waals surface area contributed by atoms with Crippen molar-refractivity contribution in [2.75, 3.05) is 0 Å². The summed E-state index contributed by atoms with van der Waals surface area (Å²) in [6.45, 7) is 9.07. The molecule has 0 fully saturated rings. The summed E-state index contributed by atoms with van der Waals surface area (Å²) in [7, 11) is -1.97. The van der Waals surface area contributed by atoms with Gasteiger partial charge in [0.25, 0.3) is 0 Å². The summed E-state index contributed by atoms with van der Waals surface area (Å²) in [4.78, 5) is 0. The minimum absolute atomic E-state index is 1.14. The number of allylic oxidation sites excluding steroid dienone is 2. The molecule has 0 amide bonds. The summed E-state index contributed by atoms with van der Waals surface area (Å²) in [6.07, 6.45) is 18.5.